The fourth-order valence-corrected chi connectivity index (χ4v) is 0.763. The Bertz CT molecular complexity index is 78.0. The molecule has 0 fully saturated rings. The minimum Gasteiger partial charge on any atom is -0.353 e. The van der Waals surface area contributed by atoms with Crippen LogP contribution in [0, 0.1) is 0 Å². The van der Waals surface area contributed by atoms with Gasteiger partial charge in [0.25, 0.3) is 0 Å². The van der Waals surface area contributed by atoms with E-state index in [1.807, 2.05) is 20.8 Å². The molecule has 2 atom stereocenters. The van der Waals surface area contributed by atoms with Crippen molar-refractivity contribution in [1.82, 2.24) is 0 Å². The Morgan fingerprint density at radius 3 is 2.40 bits per heavy atom. The van der Waals surface area contributed by atoms with Crippen LogP contribution in [0.5, 0.6) is 0 Å². The quantitative estimate of drug-likeness (QED) is 0.495. The third kappa shape index (κ3) is 5.09. The van der Waals surface area contributed by atoms with Crippen molar-refractivity contribution in [2.24, 2.45) is 0 Å². The Kier molecular flexibility index (Phi) is 6.17. The van der Waals surface area contributed by atoms with Crippen LogP contribution in [0.15, 0.2) is 0 Å². The second-order valence-corrected chi connectivity index (χ2v) is 2.60. The summed E-state index contributed by atoms with van der Waals surface area (Å²) in [5.41, 5.74) is 0.00144. The van der Waals surface area contributed by atoms with E-state index in [0.29, 0.717) is 6.61 Å². The Morgan fingerprint density at radius 2 is 2.00 bits per heavy atom. The maximum Gasteiger partial charge on any atom is 0.156 e. The van der Waals surface area contributed by atoms with Crippen molar-refractivity contribution in [3.8, 4) is 0 Å². The van der Waals surface area contributed by atoms with Crippen LogP contribution in [0.4, 0.5) is 0 Å². The first-order chi connectivity index (χ1) is 4.70. The summed E-state index contributed by atoms with van der Waals surface area (Å²) in [4.78, 5) is 0. The minimum absolute atomic E-state index is 0.00144. The average Bonchev–Trinajstić information content (AvgIpc) is 1.88. The van der Waals surface area contributed by atoms with E-state index in [1.54, 1.807) is 0 Å². The van der Waals surface area contributed by atoms with E-state index < -0.39 is 0 Å². The Labute approximate surface area is 68.3 Å². The number of thiol groups is 1. The summed E-state index contributed by atoms with van der Waals surface area (Å²) in [5.74, 6) is 0. The van der Waals surface area contributed by atoms with Crippen LogP contribution < -0.4 is 0 Å². The summed E-state index contributed by atoms with van der Waals surface area (Å²) in [7, 11) is 0. The van der Waals surface area contributed by atoms with Gasteiger partial charge in [0.1, 0.15) is 5.44 Å². The smallest absolute Gasteiger partial charge is 0.156 e. The molecule has 0 saturated carbocycles. The molecule has 0 aromatic heterocycles. The van der Waals surface area contributed by atoms with E-state index in [-0.39, 0.29) is 11.7 Å². The zero-order chi connectivity index (χ0) is 7.98. The summed E-state index contributed by atoms with van der Waals surface area (Å²) in [6.45, 7) is 6.53. The van der Waals surface area contributed by atoms with E-state index >= 15 is 0 Å². The lowest BCUT2D eigenvalue weighted by Crippen LogP contribution is -2.17. The maximum absolute atomic E-state index is 5.28. The van der Waals surface area contributed by atoms with Crippen molar-refractivity contribution in [2.45, 2.75) is 38.9 Å². The van der Waals surface area contributed by atoms with Gasteiger partial charge in [-0.15, -0.1) is 12.6 Å². The lowest BCUT2D eigenvalue weighted by Gasteiger charge is -2.16. The summed E-state index contributed by atoms with van der Waals surface area (Å²) in [6, 6.07) is 0. The molecule has 0 aliphatic rings. The van der Waals surface area contributed by atoms with Crippen LogP contribution >= 0.6 is 12.6 Å². The molecule has 0 aliphatic heterocycles. The van der Waals surface area contributed by atoms with Crippen LogP contribution in [0.2, 0.25) is 0 Å². The number of hydrogen-bond donors (Lipinski definition) is 1. The first-order valence-electron chi connectivity index (χ1n) is 3.65. The lowest BCUT2D eigenvalue weighted by molar-refractivity contribution is -0.135. The second-order valence-electron chi connectivity index (χ2n) is 2.02. The van der Waals surface area contributed by atoms with Crippen molar-refractivity contribution in [3.63, 3.8) is 0 Å². The molecule has 3 heteroatoms. The van der Waals surface area contributed by atoms with Crippen molar-refractivity contribution in [3.05, 3.63) is 0 Å². The first-order valence-corrected chi connectivity index (χ1v) is 4.17. The molecular weight excluding hydrogens is 148 g/mol. The number of hydrogen-bond acceptors (Lipinski definition) is 3. The van der Waals surface area contributed by atoms with Crippen molar-refractivity contribution >= 4 is 12.6 Å². The molecule has 0 aromatic carbocycles. The Balaban J connectivity index is 3.27. The normalized spacial score (nSPS) is 16.8. The molecule has 2 unspecified atom stereocenters. The third-order valence-corrected chi connectivity index (χ3v) is 1.59. The number of rotatable bonds is 5. The molecule has 0 spiro atoms. The standard InChI is InChI=1S/C7H16O2S/c1-4-7(10)9-6(3)8-5-2/h6-7,10H,4-5H2,1-3H3. The predicted octanol–water partition coefficient (Wildman–Crippen LogP) is 2.05. The van der Waals surface area contributed by atoms with Crippen LogP contribution in [0.1, 0.15) is 27.2 Å². The molecule has 0 aromatic rings. The monoisotopic (exact) mass is 164 g/mol. The van der Waals surface area contributed by atoms with Gasteiger partial charge in [0, 0.05) is 6.61 Å². The lowest BCUT2D eigenvalue weighted by atomic mass is 10.5. The summed E-state index contributed by atoms with van der Waals surface area (Å²) >= 11 is 4.16. The van der Waals surface area contributed by atoms with Gasteiger partial charge in [0.05, 0.1) is 0 Å². The molecule has 0 saturated heterocycles. The molecule has 0 radical (unpaired) electrons. The molecule has 0 N–H and O–H groups in total. The zero-order valence-corrected chi connectivity index (χ0v) is 7.73. The van der Waals surface area contributed by atoms with E-state index in [4.69, 9.17) is 9.47 Å². The van der Waals surface area contributed by atoms with Crippen molar-refractivity contribution in [1.29, 1.82) is 0 Å². The largest absolute Gasteiger partial charge is 0.353 e. The van der Waals surface area contributed by atoms with E-state index in [2.05, 4.69) is 12.6 Å². The topological polar surface area (TPSA) is 18.5 Å². The summed E-state index contributed by atoms with van der Waals surface area (Å²) in [6.07, 6.45) is 0.771. The van der Waals surface area contributed by atoms with Crippen LogP contribution in [0.25, 0.3) is 0 Å². The highest BCUT2D eigenvalue weighted by molar-refractivity contribution is 7.80. The van der Waals surface area contributed by atoms with Gasteiger partial charge in [-0.3, -0.25) is 0 Å². The molecule has 0 heterocycles. The molecule has 0 rings (SSSR count). The molecule has 0 amide bonds. The Hall–Kier alpha value is 0.270. The predicted molar refractivity (Wildman–Crippen MR) is 45.2 cm³/mol. The fraction of sp³-hybridized carbons (Fsp3) is 1.00. The summed E-state index contributed by atoms with van der Waals surface area (Å²) < 4.78 is 10.4. The van der Waals surface area contributed by atoms with Gasteiger partial charge in [-0.25, -0.2) is 0 Å². The SMILES string of the molecule is CCOC(C)OC(S)CC. The van der Waals surface area contributed by atoms with Crippen molar-refractivity contribution < 1.29 is 9.47 Å². The third-order valence-electron chi connectivity index (χ3n) is 1.10. The highest BCUT2D eigenvalue weighted by Crippen LogP contribution is 2.06. The molecule has 0 bridgehead atoms. The van der Waals surface area contributed by atoms with Gasteiger partial charge < -0.3 is 9.47 Å². The zero-order valence-electron chi connectivity index (χ0n) is 6.83. The molecule has 10 heavy (non-hydrogen) atoms. The van der Waals surface area contributed by atoms with Crippen LogP contribution in [-0.4, -0.2) is 18.3 Å². The maximum atomic E-state index is 5.28. The molecule has 0 aliphatic carbocycles. The van der Waals surface area contributed by atoms with Gasteiger partial charge in [-0.1, -0.05) is 6.92 Å². The second kappa shape index (κ2) is 6.01. The van der Waals surface area contributed by atoms with Gasteiger partial charge in [-0.2, -0.15) is 0 Å². The molecule has 62 valence electrons. The van der Waals surface area contributed by atoms with Crippen LogP contribution in [0.3, 0.4) is 0 Å². The van der Waals surface area contributed by atoms with E-state index in [0.717, 1.165) is 6.42 Å². The molecule has 2 nitrogen and oxygen atoms in total. The summed E-state index contributed by atoms with van der Waals surface area (Å²) in [5, 5.41) is 0. The van der Waals surface area contributed by atoms with Crippen molar-refractivity contribution in [2.75, 3.05) is 6.61 Å². The Morgan fingerprint density at radius 1 is 1.40 bits per heavy atom. The van der Waals surface area contributed by atoms with Crippen LogP contribution in [-0.2, 0) is 9.47 Å². The van der Waals surface area contributed by atoms with Gasteiger partial charge in [0.15, 0.2) is 6.29 Å². The van der Waals surface area contributed by atoms with E-state index in [1.165, 1.54) is 0 Å². The number of ether oxygens (including phenoxy) is 2. The highest BCUT2D eigenvalue weighted by atomic mass is 32.1. The van der Waals surface area contributed by atoms with Gasteiger partial charge in [-0.05, 0) is 20.3 Å². The molecular formula is C7H16O2S. The van der Waals surface area contributed by atoms with Gasteiger partial charge >= 0.3 is 0 Å². The minimum atomic E-state index is -0.132. The highest BCUT2D eigenvalue weighted by Gasteiger charge is 2.05. The first kappa shape index (κ1) is 10.3. The van der Waals surface area contributed by atoms with E-state index in [9.17, 15) is 0 Å². The average molecular weight is 164 g/mol. The van der Waals surface area contributed by atoms with Gasteiger partial charge in [0.2, 0.25) is 0 Å². The fourth-order valence-electron chi connectivity index (χ4n) is 0.591.